The van der Waals surface area contributed by atoms with Crippen LogP contribution in [0, 0.1) is 5.92 Å². The molecule has 1 aromatic carbocycles. The van der Waals surface area contributed by atoms with E-state index < -0.39 is 12.1 Å². The second-order valence-electron chi connectivity index (χ2n) is 8.38. The maximum Gasteiger partial charge on any atom is 0.280 e. The zero-order valence-electron chi connectivity index (χ0n) is 18.9. The van der Waals surface area contributed by atoms with Gasteiger partial charge in [-0.15, -0.1) is 0 Å². The van der Waals surface area contributed by atoms with E-state index in [0.717, 1.165) is 36.2 Å². The summed E-state index contributed by atoms with van der Waals surface area (Å²) in [7, 11) is 1.69. The van der Waals surface area contributed by atoms with E-state index in [1.807, 2.05) is 26.0 Å². The summed E-state index contributed by atoms with van der Waals surface area (Å²) < 4.78 is 0. The number of carbonyl (C=O) groups is 3. The number of aryl methyl sites for hydroxylation is 1. The van der Waals surface area contributed by atoms with Crippen LogP contribution in [0.4, 0.5) is 5.00 Å². The highest BCUT2D eigenvalue weighted by atomic mass is 32.1. The van der Waals surface area contributed by atoms with Gasteiger partial charge in [-0.1, -0.05) is 49.4 Å². The number of nitrogens with zero attached hydrogens (tertiary/aromatic N) is 1. The zero-order chi connectivity index (χ0) is 23.3. The second kappa shape index (κ2) is 10.7. The van der Waals surface area contributed by atoms with Crippen LogP contribution in [-0.2, 0) is 16.0 Å². The van der Waals surface area contributed by atoms with Crippen LogP contribution in [0.1, 0.15) is 60.6 Å². The van der Waals surface area contributed by atoms with E-state index in [9.17, 15) is 14.4 Å². The third-order valence-corrected chi connectivity index (χ3v) is 6.61. The number of nitrogens with one attached hydrogen (secondary N) is 4. The molecule has 0 spiro atoms. The fourth-order valence-electron chi connectivity index (χ4n) is 3.70. The molecule has 3 rings (SSSR count). The average Bonchev–Trinajstić information content (AvgIpc) is 3.25. The summed E-state index contributed by atoms with van der Waals surface area (Å²) in [4.78, 5) is 41.9. The molecule has 1 aromatic heterocycles. The molecule has 4 N–H and O–H groups in total. The van der Waals surface area contributed by atoms with Crippen molar-refractivity contribution in [2.45, 2.75) is 58.2 Å². The van der Waals surface area contributed by atoms with Gasteiger partial charge in [0.25, 0.3) is 5.91 Å². The van der Waals surface area contributed by atoms with E-state index in [4.69, 9.17) is 0 Å². The van der Waals surface area contributed by atoms with E-state index in [1.54, 1.807) is 14.0 Å². The number of likely N-dealkylation sites (N-methyl/N-ethyl adjacent to an activating group) is 1. The lowest BCUT2D eigenvalue weighted by Gasteiger charge is -2.26. The molecule has 2 aromatic rings. The smallest absolute Gasteiger partial charge is 0.280 e. The molecule has 172 valence electrons. The third kappa shape index (κ3) is 5.72. The fourth-order valence-corrected chi connectivity index (χ4v) is 4.43. The standard InChI is InChI=1S/C23H31N5O3S/c1-13(2)19(28-20(29)14(3)24-4)21(30)27-18-12-25-23(32-18)22(31)26-17-11-7-9-15-8-5-6-10-16(15)17/h5-6,8,10,12-14,17,19,24H,7,9,11H2,1-4H3,(H,26,31)(H,27,30)(H,28,29). The first-order valence-corrected chi connectivity index (χ1v) is 11.7. The quantitative estimate of drug-likeness (QED) is 0.487. The van der Waals surface area contributed by atoms with Gasteiger partial charge < -0.3 is 21.3 Å². The lowest BCUT2D eigenvalue weighted by Crippen LogP contribution is -2.51. The molecule has 3 amide bonds. The maximum absolute atomic E-state index is 12.8. The first kappa shape index (κ1) is 23.9. The van der Waals surface area contributed by atoms with Crippen LogP contribution in [-0.4, -0.2) is 41.8 Å². The van der Waals surface area contributed by atoms with Crippen LogP contribution in [0.2, 0.25) is 0 Å². The monoisotopic (exact) mass is 457 g/mol. The molecule has 0 bridgehead atoms. The Labute approximate surface area is 192 Å². The highest BCUT2D eigenvalue weighted by Crippen LogP contribution is 2.30. The summed E-state index contributed by atoms with van der Waals surface area (Å²) in [5.41, 5.74) is 2.43. The van der Waals surface area contributed by atoms with Gasteiger partial charge >= 0.3 is 0 Å². The van der Waals surface area contributed by atoms with E-state index >= 15 is 0 Å². The zero-order valence-corrected chi connectivity index (χ0v) is 19.7. The number of rotatable bonds is 8. The van der Waals surface area contributed by atoms with Crippen LogP contribution < -0.4 is 21.3 Å². The lowest BCUT2D eigenvalue weighted by atomic mass is 9.88. The molecule has 0 saturated carbocycles. The summed E-state index contributed by atoms with van der Waals surface area (Å²) >= 11 is 1.12. The van der Waals surface area contributed by atoms with Gasteiger partial charge in [0.05, 0.1) is 18.3 Å². The van der Waals surface area contributed by atoms with Crippen LogP contribution in [0.15, 0.2) is 30.5 Å². The van der Waals surface area contributed by atoms with Gasteiger partial charge in [-0.25, -0.2) is 4.98 Å². The summed E-state index contributed by atoms with van der Waals surface area (Å²) in [5.74, 6) is -0.953. The Morgan fingerprint density at radius 3 is 2.59 bits per heavy atom. The number of amides is 3. The van der Waals surface area contributed by atoms with Crippen molar-refractivity contribution >= 4 is 34.1 Å². The number of thiazole rings is 1. The molecule has 0 fully saturated rings. The minimum atomic E-state index is -0.698. The molecule has 8 nitrogen and oxygen atoms in total. The Morgan fingerprint density at radius 2 is 1.88 bits per heavy atom. The number of hydrogen-bond donors (Lipinski definition) is 4. The highest BCUT2D eigenvalue weighted by molar-refractivity contribution is 7.17. The number of carbonyl (C=O) groups excluding carboxylic acids is 3. The van der Waals surface area contributed by atoms with Crippen molar-refractivity contribution in [1.82, 2.24) is 20.9 Å². The van der Waals surface area contributed by atoms with Gasteiger partial charge in [0.2, 0.25) is 11.8 Å². The summed E-state index contributed by atoms with van der Waals surface area (Å²) in [6.07, 6.45) is 4.41. The van der Waals surface area contributed by atoms with Crippen molar-refractivity contribution in [1.29, 1.82) is 0 Å². The largest absolute Gasteiger partial charge is 0.343 e. The summed E-state index contributed by atoms with van der Waals surface area (Å²) in [6, 6.07) is 7.02. The molecule has 9 heteroatoms. The van der Waals surface area contributed by atoms with Crippen molar-refractivity contribution in [3.8, 4) is 0 Å². The van der Waals surface area contributed by atoms with Gasteiger partial charge in [0.1, 0.15) is 11.0 Å². The van der Waals surface area contributed by atoms with Gasteiger partial charge in [0, 0.05) is 0 Å². The molecule has 32 heavy (non-hydrogen) atoms. The highest BCUT2D eigenvalue weighted by Gasteiger charge is 2.27. The first-order chi connectivity index (χ1) is 15.3. The number of benzene rings is 1. The normalized spacial score (nSPS) is 17.2. The Balaban J connectivity index is 1.63. The number of anilines is 1. The molecular formula is C23H31N5O3S. The Morgan fingerprint density at radius 1 is 1.12 bits per heavy atom. The number of hydrogen-bond acceptors (Lipinski definition) is 6. The summed E-state index contributed by atoms with van der Waals surface area (Å²) in [6.45, 7) is 5.45. The minimum Gasteiger partial charge on any atom is -0.343 e. The molecule has 0 radical (unpaired) electrons. The van der Waals surface area contributed by atoms with E-state index in [0.29, 0.717) is 5.00 Å². The Kier molecular flexibility index (Phi) is 7.98. The van der Waals surface area contributed by atoms with Gasteiger partial charge in [0.15, 0.2) is 5.01 Å². The minimum absolute atomic E-state index is 0.0379. The lowest BCUT2D eigenvalue weighted by molar-refractivity contribution is -0.128. The predicted molar refractivity (Wildman–Crippen MR) is 126 cm³/mol. The van der Waals surface area contributed by atoms with Crippen LogP contribution in [0.3, 0.4) is 0 Å². The molecule has 1 aliphatic rings. The topological polar surface area (TPSA) is 112 Å². The first-order valence-electron chi connectivity index (χ1n) is 10.9. The van der Waals surface area contributed by atoms with Gasteiger partial charge in [-0.2, -0.15) is 0 Å². The van der Waals surface area contributed by atoms with Crippen LogP contribution in [0.25, 0.3) is 0 Å². The molecule has 0 saturated heterocycles. The molecule has 1 heterocycles. The SMILES string of the molecule is CNC(C)C(=O)NC(C(=O)Nc1cnc(C(=O)NC2CCCc3ccccc32)s1)C(C)C. The molecule has 3 unspecified atom stereocenters. The van der Waals surface area contributed by atoms with E-state index in [1.165, 1.54) is 11.8 Å². The summed E-state index contributed by atoms with van der Waals surface area (Å²) in [5, 5.41) is 12.2. The molecule has 0 aliphatic heterocycles. The Bertz CT molecular complexity index is 974. The van der Waals surface area contributed by atoms with E-state index in [2.05, 4.69) is 38.4 Å². The van der Waals surface area contributed by atoms with Crippen LogP contribution in [0.5, 0.6) is 0 Å². The van der Waals surface area contributed by atoms with Gasteiger partial charge in [-0.3, -0.25) is 14.4 Å². The molecular weight excluding hydrogens is 426 g/mol. The fraction of sp³-hybridized carbons (Fsp3) is 0.478. The van der Waals surface area contributed by atoms with Crippen molar-refractivity contribution in [3.05, 3.63) is 46.6 Å². The van der Waals surface area contributed by atoms with Crippen molar-refractivity contribution in [3.63, 3.8) is 0 Å². The van der Waals surface area contributed by atoms with Crippen molar-refractivity contribution in [2.75, 3.05) is 12.4 Å². The van der Waals surface area contributed by atoms with Crippen molar-refractivity contribution in [2.24, 2.45) is 5.92 Å². The van der Waals surface area contributed by atoms with Crippen LogP contribution >= 0.6 is 11.3 Å². The third-order valence-electron chi connectivity index (χ3n) is 5.69. The Hall–Kier alpha value is -2.78. The molecule has 1 aliphatic carbocycles. The second-order valence-corrected chi connectivity index (χ2v) is 9.41. The van der Waals surface area contributed by atoms with Gasteiger partial charge in [-0.05, 0) is 50.3 Å². The van der Waals surface area contributed by atoms with Crippen molar-refractivity contribution < 1.29 is 14.4 Å². The predicted octanol–water partition coefficient (Wildman–Crippen LogP) is 2.64. The molecule has 3 atom stereocenters. The number of fused-ring (bicyclic) bond motifs is 1. The average molecular weight is 458 g/mol. The van der Waals surface area contributed by atoms with E-state index in [-0.39, 0.29) is 34.7 Å². The number of aromatic nitrogens is 1. The maximum atomic E-state index is 12.8.